The molecule has 3 nitrogen and oxygen atoms in total. The van der Waals surface area contributed by atoms with Crippen molar-refractivity contribution in [2.45, 2.75) is 0 Å². The van der Waals surface area contributed by atoms with Crippen molar-refractivity contribution in [3.8, 4) is 22.5 Å². The van der Waals surface area contributed by atoms with Crippen LogP contribution in [-0.4, -0.2) is 9.13 Å². The lowest BCUT2D eigenvalue weighted by atomic mass is 9.98. The fraction of sp³-hybridized carbons (Fsp3) is 0. The molecule has 51 heavy (non-hydrogen) atoms. The van der Waals surface area contributed by atoms with E-state index in [2.05, 4.69) is 214 Å². The van der Waals surface area contributed by atoms with Gasteiger partial charge in [-0.1, -0.05) is 109 Å². The molecule has 10 aromatic rings. The van der Waals surface area contributed by atoms with Crippen molar-refractivity contribution in [1.29, 1.82) is 0 Å². The highest BCUT2D eigenvalue weighted by Crippen LogP contribution is 2.41. The van der Waals surface area contributed by atoms with E-state index in [1.807, 2.05) is 0 Å². The molecule has 0 saturated carbocycles. The number of hydrogen-bond donors (Lipinski definition) is 0. The van der Waals surface area contributed by atoms with Crippen LogP contribution in [0.1, 0.15) is 0 Å². The van der Waals surface area contributed by atoms with Crippen molar-refractivity contribution in [3.05, 3.63) is 200 Å². The summed E-state index contributed by atoms with van der Waals surface area (Å²) in [4.78, 5) is 2.30. The maximum absolute atomic E-state index is 2.40. The van der Waals surface area contributed by atoms with Crippen LogP contribution < -0.4 is 4.90 Å². The number of rotatable bonds is 6. The van der Waals surface area contributed by atoms with E-state index in [9.17, 15) is 0 Å². The summed E-state index contributed by atoms with van der Waals surface area (Å²) >= 11 is 0. The minimum Gasteiger partial charge on any atom is -0.311 e. The summed E-state index contributed by atoms with van der Waals surface area (Å²) in [6.07, 6.45) is 0. The van der Waals surface area contributed by atoms with E-state index in [-0.39, 0.29) is 0 Å². The fourth-order valence-electron chi connectivity index (χ4n) is 7.89. The lowest BCUT2D eigenvalue weighted by molar-refractivity contribution is 1.17. The van der Waals surface area contributed by atoms with E-state index >= 15 is 0 Å². The normalized spacial score (nSPS) is 11.5. The van der Waals surface area contributed by atoms with Gasteiger partial charge in [0.2, 0.25) is 0 Å². The van der Waals surface area contributed by atoms with Crippen molar-refractivity contribution in [2.75, 3.05) is 4.90 Å². The lowest BCUT2D eigenvalue weighted by Gasteiger charge is -2.25. The van der Waals surface area contributed by atoms with E-state index in [1.165, 1.54) is 60.4 Å². The molecule has 240 valence electrons. The minimum absolute atomic E-state index is 1.11. The molecule has 0 spiro atoms. The summed E-state index contributed by atoms with van der Waals surface area (Å²) in [5.41, 5.74) is 12.9. The van der Waals surface area contributed by atoms with Gasteiger partial charge in [0.1, 0.15) is 0 Å². The summed E-state index contributed by atoms with van der Waals surface area (Å²) in [5.74, 6) is 0. The third kappa shape index (κ3) is 4.74. The molecule has 0 saturated heterocycles. The van der Waals surface area contributed by atoms with Gasteiger partial charge in [-0.15, -0.1) is 0 Å². The maximum atomic E-state index is 2.40. The number of para-hydroxylation sites is 5. The molecule has 2 heterocycles. The predicted octanol–water partition coefficient (Wildman–Crippen LogP) is 13.0. The maximum Gasteiger partial charge on any atom is 0.0547 e. The van der Waals surface area contributed by atoms with Crippen molar-refractivity contribution in [1.82, 2.24) is 9.13 Å². The molecule has 0 atom stereocenters. The standard InChI is InChI=1S/C48H33N3/c1-4-15-35(16-5-1)49(36-17-6-2-7-18-36)38-28-30-39(31-29-38)50-44-24-12-10-21-41(44)43-33-34(27-32-46(43)50)40-23-14-26-47-48(40)42-22-11-13-25-45(42)51(47)37-19-8-3-9-20-37/h1-33H. The Bertz CT molecular complexity index is 2790. The van der Waals surface area contributed by atoms with Gasteiger partial charge in [-0.05, 0) is 102 Å². The van der Waals surface area contributed by atoms with Gasteiger partial charge in [-0.25, -0.2) is 0 Å². The molecule has 8 aromatic carbocycles. The Balaban J connectivity index is 1.13. The van der Waals surface area contributed by atoms with Gasteiger partial charge in [0, 0.05) is 50.0 Å². The Hall–Kier alpha value is -6.84. The molecule has 10 rings (SSSR count). The third-order valence-electron chi connectivity index (χ3n) is 10.1. The number of aromatic nitrogens is 2. The number of benzene rings is 8. The lowest BCUT2D eigenvalue weighted by Crippen LogP contribution is -2.09. The first-order valence-electron chi connectivity index (χ1n) is 17.5. The number of hydrogen-bond acceptors (Lipinski definition) is 1. The summed E-state index contributed by atoms with van der Waals surface area (Å²) in [7, 11) is 0. The van der Waals surface area contributed by atoms with Crippen LogP contribution in [0.25, 0.3) is 66.1 Å². The quantitative estimate of drug-likeness (QED) is 0.174. The molecule has 0 bridgehead atoms. The number of anilines is 3. The van der Waals surface area contributed by atoms with E-state index in [1.54, 1.807) is 0 Å². The van der Waals surface area contributed by atoms with Gasteiger partial charge in [-0.3, -0.25) is 0 Å². The van der Waals surface area contributed by atoms with Crippen LogP contribution in [0.2, 0.25) is 0 Å². The summed E-state index contributed by atoms with van der Waals surface area (Å²) in [6.45, 7) is 0. The molecule has 0 fully saturated rings. The molecule has 0 aliphatic carbocycles. The van der Waals surface area contributed by atoms with Crippen LogP contribution >= 0.6 is 0 Å². The van der Waals surface area contributed by atoms with Crippen molar-refractivity contribution in [2.24, 2.45) is 0 Å². The van der Waals surface area contributed by atoms with Gasteiger partial charge in [-0.2, -0.15) is 0 Å². The zero-order valence-electron chi connectivity index (χ0n) is 27.9. The Morgan fingerprint density at radius 2 is 0.804 bits per heavy atom. The molecule has 0 aliphatic heterocycles. The Kier molecular flexibility index (Phi) is 6.81. The Morgan fingerprint density at radius 1 is 0.314 bits per heavy atom. The monoisotopic (exact) mass is 651 g/mol. The molecular formula is C48H33N3. The molecule has 3 heteroatoms. The number of fused-ring (bicyclic) bond motifs is 6. The molecular weight excluding hydrogens is 619 g/mol. The largest absolute Gasteiger partial charge is 0.311 e. The molecule has 0 unspecified atom stereocenters. The Labute approximate surface area is 296 Å². The molecule has 0 radical (unpaired) electrons. The second kappa shape index (κ2) is 11.9. The summed E-state index contributed by atoms with van der Waals surface area (Å²) in [5, 5.41) is 5.02. The van der Waals surface area contributed by atoms with Crippen molar-refractivity contribution in [3.63, 3.8) is 0 Å². The average molecular weight is 652 g/mol. The van der Waals surface area contributed by atoms with Crippen molar-refractivity contribution < 1.29 is 0 Å². The highest BCUT2D eigenvalue weighted by molar-refractivity contribution is 6.17. The first kappa shape index (κ1) is 29.1. The van der Waals surface area contributed by atoms with Gasteiger partial charge in [0.15, 0.2) is 0 Å². The van der Waals surface area contributed by atoms with Crippen LogP contribution in [0.4, 0.5) is 17.1 Å². The van der Waals surface area contributed by atoms with Gasteiger partial charge in [0.05, 0.1) is 22.1 Å². The van der Waals surface area contributed by atoms with E-state index in [4.69, 9.17) is 0 Å². The highest BCUT2D eigenvalue weighted by atomic mass is 15.1. The van der Waals surface area contributed by atoms with Gasteiger partial charge < -0.3 is 14.0 Å². The van der Waals surface area contributed by atoms with Crippen LogP contribution in [0.5, 0.6) is 0 Å². The topological polar surface area (TPSA) is 13.1 Å². The van der Waals surface area contributed by atoms with Gasteiger partial charge in [0.25, 0.3) is 0 Å². The van der Waals surface area contributed by atoms with Gasteiger partial charge >= 0.3 is 0 Å². The van der Waals surface area contributed by atoms with Crippen LogP contribution in [-0.2, 0) is 0 Å². The third-order valence-corrected chi connectivity index (χ3v) is 10.1. The predicted molar refractivity (Wildman–Crippen MR) is 215 cm³/mol. The molecule has 2 aromatic heterocycles. The van der Waals surface area contributed by atoms with Crippen LogP contribution in [0.3, 0.4) is 0 Å². The minimum atomic E-state index is 1.11. The zero-order valence-corrected chi connectivity index (χ0v) is 27.9. The van der Waals surface area contributed by atoms with Crippen LogP contribution in [0.15, 0.2) is 200 Å². The van der Waals surface area contributed by atoms with E-state index in [0.29, 0.717) is 0 Å². The summed E-state index contributed by atoms with van der Waals surface area (Å²) < 4.78 is 4.79. The van der Waals surface area contributed by atoms with Crippen molar-refractivity contribution >= 4 is 60.7 Å². The molecule has 0 aliphatic rings. The summed E-state index contributed by atoms with van der Waals surface area (Å²) in [6, 6.07) is 72.0. The fourth-order valence-corrected chi connectivity index (χ4v) is 7.89. The first-order valence-corrected chi connectivity index (χ1v) is 17.5. The van der Waals surface area contributed by atoms with E-state index in [0.717, 1.165) is 22.7 Å². The average Bonchev–Trinajstić information content (AvgIpc) is 3.72. The highest BCUT2D eigenvalue weighted by Gasteiger charge is 2.19. The van der Waals surface area contributed by atoms with Crippen LogP contribution in [0, 0.1) is 0 Å². The molecule has 0 N–H and O–H groups in total. The SMILES string of the molecule is c1ccc(N(c2ccccc2)c2ccc(-n3c4ccccc4c4cc(-c5cccc6c5c5ccccc5n6-c5ccccc5)ccc43)cc2)cc1. The first-order chi connectivity index (χ1) is 25.3. The number of nitrogens with zero attached hydrogens (tertiary/aromatic N) is 3. The Morgan fingerprint density at radius 3 is 1.49 bits per heavy atom. The second-order valence-electron chi connectivity index (χ2n) is 13.0. The van der Waals surface area contributed by atoms with E-state index < -0.39 is 0 Å². The zero-order chi connectivity index (χ0) is 33.7. The molecule has 0 amide bonds. The smallest absolute Gasteiger partial charge is 0.0547 e. The second-order valence-corrected chi connectivity index (χ2v) is 13.0.